The molecule has 6 heteroatoms. The maximum atomic E-state index is 12.9. The Labute approximate surface area is 411 Å². The molecule has 390 valence electrons. The summed E-state index contributed by atoms with van der Waals surface area (Å²) < 4.78 is 16.9. The molecule has 0 amide bonds. The molecule has 0 radical (unpaired) electrons. The molecule has 0 N–H and O–H groups in total. The van der Waals surface area contributed by atoms with E-state index < -0.39 is 6.10 Å². The lowest BCUT2D eigenvalue weighted by molar-refractivity contribution is -0.167. The zero-order valence-corrected chi connectivity index (χ0v) is 44.7. The number of allylic oxidation sites excluding steroid dienone is 2. The Morgan fingerprint density at radius 2 is 0.500 bits per heavy atom. The second-order valence-corrected chi connectivity index (χ2v) is 20.3. The quantitative estimate of drug-likeness (QED) is 0.0262. The zero-order chi connectivity index (χ0) is 47.9. The number of unbranched alkanes of at least 4 members (excludes halogenated alkanes) is 42. The summed E-state index contributed by atoms with van der Waals surface area (Å²) in [7, 11) is 0. The van der Waals surface area contributed by atoms with Gasteiger partial charge in [0.15, 0.2) is 6.10 Å². The van der Waals surface area contributed by atoms with Gasteiger partial charge in [-0.05, 0) is 44.9 Å². The van der Waals surface area contributed by atoms with E-state index in [9.17, 15) is 14.4 Å². The van der Waals surface area contributed by atoms with Gasteiger partial charge in [0, 0.05) is 19.3 Å². The van der Waals surface area contributed by atoms with E-state index in [1.807, 2.05) is 0 Å². The molecule has 66 heavy (non-hydrogen) atoms. The summed E-state index contributed by atoms with van der Waals surface area (Å²) in [6.07, 6.45) is 63.4. The van der Waals surface area contributed by atoms with Gasteiger partial charge in [0.2, 0.25) is 0 Å². The molecule has 1 unspecified atom stereocenters. The molecular weight excluding hydrogens is 817 g/mol. The van der Waals surface area contributed by atoms with Crippen molar-refractivity contribution in [3.05, 3.63) is 12.2 Å². The molecule has 0 aliphatic rings. The second-order valence-electron chi connectivity index (χ2n) is 20.3. The van der Waals surface area contributed by atoms with Crippen LogP contribution in [0.25, 0.3) is 0 Å². The van der Waals surface area contributed by atoms with Crippen molar-refractivity contribution < 1.29 is 28.6 Å². The molecule has 0 saturated heterocycles. The number of carbonyl (C=O) groups is 3. The number of esters is 3. The third-order valence-corrected chi connectivity index (χ3v) is 13.5. The lowest BCUT2D eigenvalue weighted by Crippen LogP contribution is -2.30. The van der Waals surface area contributed by atoms with E-state index in [0.717, 1.165) is 57.8 Å². The summed E-state index contributed by atoms with van der Waals surface area (Å²) in [4.78, 5) is 38.2. The molecule has 1 atom stereocenters. The summed E-state index contributed by atoms with van der Waals surface area (Å²) in [5.41, 5.74) is 0. The monoisotopic (exact) mass is 931 g/mol. The lowest BCUT2D eigenvalue weighted by atomic mass is 10.0. The predicted octanol–water partition coefficient (Wildman–Crippen LogP) is 19.7. The highest BCUT2D eigenvalue weighted by Crippen LogP contribution is 2.17. The molecule has 0 aliphatic heterocycles. The Balaban J connectivity index is 4.29. The molecule has 0 rings (SSSR count). The Hall–Kier alpha value is -1.85. The highest BCUT2D eigenvalue weighted by atomic mass is 16.6. The van der Waals surface area contributed by atoms with Crippen molar-refractivity contribution in [2.45, 2.75) is 341 Å². The minimum absolute atomic E-state index is 0.0652. The van der Waals surface area contributed by atoms with Crippen LogP contribution in [-0.2, 0) is 28.6 Å². The van der Waals surface area contributed by atoms with Gasteiger partial charge in [-0.2, -0.15) is 0 Å². The van der Waals surface area contributed by atoms with E-state index in [1.165, 1.54) is 238 Å². The smallest absolute Gasteiger partial charge is 0.306 e. The maximum absolute atomic E-state index is 12.9. The van der Waals surface area contributed by atoms with Crippen LogP contribution in [0.5, 0.6) is 0 Å². The first kappa shape index (κ1) is 64.2. The fraction of sp³-hybridized carbons (Fsp3) is 0.917. The molecule has 0 spiro atoms. The van der Waals surface area contributed by atoms with Crippen molar-refractivity contribution in [2.75, 3.05) is 13.2 Å². The van der Waals surface area contributed by atoms with Crippen LogP contribution in [0.1, 0.15) is 335 Å². The number of ether oxygens (including phenoxy) is 3. The van der Waals surface area contributed by atoms with Gasteiger partial charge in [0.25, 0.3) is 0 Å². The van der Waals surface area contributed by atoms with E-state index in [-0.39, 0.29) is 31.1 Å². The number of hydrogen-bond acceptors (Lipinski definition) is 6. The van der Waals surface area contributed by atoms with Crippen LogP contribution in [0, 0.1) is 0 Å². The van der Waals surface area contributed by atoms with Crippen molar-refractivity contribution in [2.24, 2.45) is 0 Å². The van der Waals surface area contributed by atoms with Crippen LogP contribution >= 0.6 is 0 Å². The standard InChI is InChI=1S/C60H114O6/c1-4-7-10-13-16-19-22-25-27-29-30-31-33-35-38-41-44-47-50-53-59(62)65-56-57(55-64-58(61)52-49-46-43-40-37-34-24-21-18-15-12-9-6-3)66-60(63)54-51-48-45-42-39-36-32-28-26-23-20-17-14-11-8-5-2/h29-30,57H,4-28,31-56H2,1-3H3/b30-29-. The number of rotatable bonds is 55. The molecular formula is C60H114O6. The van der Waals surface area contributed by atoms with E-state index in [4.69, 9.17) is 14.2 Å². The summed E-state index contributed by atoms with van der Waals surface area (Å²) in [5, 5.41) is 0. The highest BCUT2D eigenvalue weighted by Gasteiger charge is 2.19. The van der Waals surface area contributed by atoms with Crippen LogP contribution in [0.15, 0.2) is 12.2 Å². The van der Waals surface area contributed by atoms with Crippen LogP contribution in [0.3, 0.4) is 0 Å². The zero-order valence-electron chi connectivity index (χ0n) is 44.7. The minimum Gasteiger partial charge on any atom is -0.462 e. The van der Waals surface area contributed by atoms with Gasteiger partial charge in [-0.25, -0.2) is 0 Å². The van der Waals surface area contributed by atoms with E-state index in [0.29, 0.717) is 19.3 Å². The van der Waals surface area contributed by atoms with Crippen molar-refractivity contribution in [1.82, 2.24) is 0 Å². The van der Waals surface area contributed by atoms with Crippen molar-refractivity contribution in [3.63, 3.8) is 0 Å². The molecule has 6 nitrogen and oxygen atoms in total. The van der Waals surface area contributed by atoms with E-state index >= 15 is 0 Å². The van der Waals surface area contributed by atoms with Crippen LogP contribution in [-0.4, -0.2) is 37.2 Å². The molecule has 0 aliphatic carbocycles. The highest BCUT2D eigenvalue weighted by molar-refractivity contribution is 5.71. The van der Waals surface area contributed by atoms with Gasteiger partial charge >= 0.3 is 17.9 Å². The van der Waals surface area contributed by atoms with E-state index in [2.05, 4.69) is 32.9 Å². The average molecular weight is 932 g/mol. The maximum Gasteiger partial charge on any atom is 0.306 e. The fourth-order valence-corrected chi connectivity index (χ4v) is 9.03. The van der Waals surface area contributed by atoms with Gasteiger partial charge < -0.3 is 14.2 Å². The second kappa shape index (κ2) is 55.7. The summed E-state index contributed by atoms with van der Waals surface area (Å²) in [6, 6.07) is 0. The first-order chi connectivity index (χ1) is 32.5. The third kappa shape index (κ3) is 53.1. The SMILES string of the molecule is CCCCCCCCCC/C=C\CCCCCCCCCC(=O)OCC(COC(=O)CCCCCCCCCCCCCCC)OC(=O)CCCCCCCCCCCCCCCCCC. The largest absolute Gasteiger partial charge is 0.462 e. The Kier molecular flexibility index (Phi) is 54.2. The molecule has 0 aromatic carbocycles. The van der Waals surface area contributed by atoms with Gasteiger partial charge in [-0.1, -0.05) is 283 Å². The van der Waals surface area contributed by atoms with Gasteiger partial charge in [-0.15, -0.1) is 0 Å². The van der Waals surface area contributed by atoms with Gasteiger partial charge in [0.1, 0.15) is 13.2 Å². The predicted molar refractivity (Wildman–Crippen MR) is 284 cm³/mol. The molecule has 0 bridgehead atoms. The van der Waals surface area contributed by atoms with Crippen LogP contribution in [0.4, 0.5) is 0 Å². The Morgan fingerprint density at radius 1 is 0.288 bits per heavy atom. The molecule has 0 fully saturated rings. The van der Waals surface area contributed by atoms with Crippen LogP contribution < -0.4 is 0 Å². The number of carbonyl (C=O) groups excluding carboxylic acids is 3. The first-order valence-corrected chi connectivity index (χ1v) is 29.7. The van der Waals surface area contributed by atoms with Crippen molar-refractivity contribution in [3.8, 4) is 0 Å². The summed E-state index contributed by atoms with van der Waals surface area (Å²) >= 11 is 0. The lowest BCUT2D eigenvalue weighted by Gasteiger charge is -2.18. The minimum atomic E-state index is -0.766. The van der Waals surface area contributed by atoms with Crippen LogP contribution in [0.2, 0.25) is 0 Å². The average Bonchev–Trinajstić information content (AvgIpc) is 3.31. The Bertz CT molecular complexity index is 1020. The van der Waals surface area contributed by atoms with E-state index in [1.54, 1.807) is 0 Å². The third-order valence-electron chi connectivity index (χ3n) is 13.5. The van der Waals surface area contributed by atoms with Gasteiger partial charge in [-0.3, -0.25) is 14.4 Å². The van der Waals surface area contributed by atoms with Gasteiger partial charge in [0.05, 0.1) is 0 Å². The van der Waals surface area contributed by atoms with Crippen molar-refractivity contribution >= 4 is 17.9 Å². The molecule has 0 saturated carbocycles. The molecule has 0 heterocycles. The molecule has 0 aromatic heterocycles. The normalized spacial score (nSPS) is 12.0. The summed E-state index contributed by atoms with van der Waals surface area (Å²) in [6.45, 7) is 6.70. The fourth-order valence-electron chi connectivity index (χ4n) is 9.03. The number of hydrogen-bond donors (Lipinski definition) is 0. The van der Waals surface area contributed by atoms with Crippen molar-refractivity contribution in [1.29, 1.82) is 0 Å². The Morgan fingerprint density at radius 3 is 0.758 bits per heavy atom. The molecule has 0 aromatic rings. The topological polar surface area (TPSA) is 78.9 Å². The summed E-state index contributed by atoms with van der Waals surface area (Å²) in [5.74, 6) is -0.844. The first-order valence-electron chi connectivity index (χ1n) is 29.7.